The minimum absolute atomic E-state index is 0.0107. The number of likely N-dealkylation sites (N-methyl/N-ethyl adjacent to an activating group) is 2. The smallest absolute Gasteiger partial charge is 0.279 e. The standard InChI is InChI=1S/C13H20N3O2/c1-11(2)14(3)8-9-15(4)12-6-5-7-13(10-12)16(17)18/h5-6,10-11H,8-9H2,1-4H3. The minimum Gasteiger partial charge on any atom is -0.373 e. The third-order valence-corrected chi connectivity index (χ3v) is 3.08. The molecule has 0 fully saturated rings. The molecule has 0 aromatic heterocycles. The molecular formula is C13H20N3O2. The van der Waals surface area contributed by atoms with Crippen molar-refractivity contribution in [3.8, 4) is 0 Å². The van der Waals surface area contributed by atoms with Crippen molar-refractivity contribution in [2.24, 2.45) is 0 Å². The van der Waals surface area contributed by atoms with E-state index in [0.29, 0.717) is 6.04 Å². The van der Waals surface area contributed by atoms with E-state index in [4.69, 9.17) is 0 Å². The fraction of sp³-hybridized carbons (Fsp3) is 0.538. The first-order chi connectivity index (χ1) is 8.41. The average Bonchev–Trinajstić information content (AvgIpc) is 2.35. The molecule has 0 unspecified atom stereocenters. The summed E-state index contributed by atoms with van der Waals surface area (Å²) in [7, 11) is 4.01. The van der Waals surface area contributed by atoms with Crippen LogP contribution in [0.4, 0.5) is 11.4 Å². The highest BCUT2D eigenvalue weighted by Crippen LogP contribution is 2.19. The number of nitro benzene ring substituents is 1. The summed E-state index contributed by atoms with van der Waals surface area (Å²) < 4.78 is 0. The molecule has 0 N–H and O–H groups in total. The zero-order chi connectivity index (χ0) is 13.7. The van der Waals surface area contributed by atoms with Gasteiger partial charge in [-0.3, -0.25) is 10.1 Å². The molecule has 5 nitrogen and oxygen atoms in total. The van der Waals surface area contributed by atoms with E-state index in [-0.39, 0.29) is 5.69 Å². The zero-order valence-corrected chi connectivity index (χ0v) is 11.4. The van der Waals surface area contributed by atoms with Gasteiger partial charge >= 0.3 is 0 Å². The van der Waals surface area contributed by atoms with Gasteiger partial charge in [-0.1, -0.05) is 0 Å². The van der Waals surface area contributed by atoms with Crippen molar-refractivity contribution >= 4 is 11.4 Å². The van der Waals surface area contributed by atoms with Crippen molar-refractivity contribution in [2.45, 2.75) is 19.9 Å². The lowest BCUT2D eigenvalue weighted by molar-refractivity contribution is -0.385. The highest BCUT2D eigenvalue weighted by Gasteiger charge is 2.10. The molecule has 18 heavy (non-hydrogen) atoms. The summed E-state index contributed by atoms with van der Waals surface area (Å²) in [6.07, 6.45) is 0. The van der Waals surface area contributed by atoms with E-state index in [1.165, 1.54) is 0 Å². The van der Waals surface area contributed by atoms with Crippen LogP contribution in [0.5, 0.6) is 0 Å². The van der Waals surface area contributed by atoms with Gasteiger partial charge in [0, 0.05) is 37.9 Å². The number of hydrogen-bond acceptors (Lipinski definition) is 4. The molecule has 0 saturated carbocycles. The summed E-state index contributed by atoms with van der Waals surface area (Å²) >= 11 is 0. The summed E-state index contributed by atoms with van der Waals surface area (Å²) in [5, 5.41) is 10.7. The third-order valence-electron chi connectivity index (χ3n) is 3.08. The lowest BCUT2D eigenvalue weighted by Gasteiger charge is -2.25. The van der Waals surface area contributed by atoms with Gasteiger partial charge in [-0.15, -0.1) is 0 Å². The highest BCUT2D eigenvalue weighted by molar-refractivity contribution is 5.52. The molecule has 1 aromatic carbocycles. The van der Waals surface area contributed by atoms with Crippen molar-refractivity contribution in [3.63, 3.8) is 0 Å². The van der Waals surface area contributed by atoms with Gasteiger partial charge in [0.25, 0.3) is 5.69 Å². The van der Waals surface area contributed by atoms with Gasteiger partial charge in [0.1, 0.15) is 0 Å². The van der Waals surface area contributed by atoms with Crippen LogP contribution in [0.25, 0.3) is 0 Å². The second-order valence-corrected chi connectivity index (χ2v) is 4.69. The summed E-state index contributed by atoms with van der Waals surface area (Å²) in [5.74, 6) is 0. The number of benzene rings is 1. The first-order valence-electron chi connectivity index (χ1n) is 5.99. The number of nitrogens with zero attached hydrogens (tertiary/aromatic N) is 3. The Labute approximate surface area is 108 Å². The van der Waals surface area contributed by atoms with Crippen molar-refractivity contribution in [3.05, 3.63) is 34.4 Å². The topological polar surface area (TPSA) is 49.6 Å². The Morgan fingerprint density at radius 2 is 2.06 bits per heavy atom. The van der Waals surface area contributed by atoms with Gasteiger partial charge < -0.3 is 9.80 Å². The fourth-order valence-corrected chi connectivity index (χ4v) is 1.48. The lowest BCUT2D eigenvalue weighted by atomic mass is 10.2. The molecule has 5 heteroatoms. The van der Waals surface area contributed by atoms with Gasteiger partial charge in [-0.05, 0) is 33.0 Å². The molecular weight excluding hydrogens is 230 g/mol. The Balaban J connectivity index is 2.64. The summed E-state index contributed by atoms with van der Waals surface area (Å²) in [6.45, 7) is 6.03. The molecule has 0 saturated heterocycles. The van der Waals surface area contributed by atoms with E-state index in [1.54, 1.807) is 12.1 Å². The Bertz CT molecular complexity index is 407. The summed E-state index contributed by atoms with van der Waals surface area (Å²) in [6, 6.07) is 8.09. The molecule has 0 spiro atoms. The molecule has 1 rings (SSSR count). The number of rotatable bonds is 6. The maximum Gasteiger partial charge on any atom is 0.279 e. The second kappa shape index (κ2) is 6.35. The Kier molecular flexibility index (Phi) is 5.09. The van der Waals surface area contributed by atoms with Crippen LogP contribution in [0.15, 0.2) is 18.2 Å². The molecule has 0 heterocycles. The first-order valence-corrected chi connectivity index (χ1v) is 5.99. The average molecular weight is 250 g/mol. The summed E-state index contributed by atoms with van der Waals surface area (Å²) in [4.78, 5) is 14.5. The maximum atomic E-state index is 10.7. The van der Waals surface area contributed by atoms with Crippen LogP contribution in [0.2, 0.25) is 0 Å². The normalized spacial score (nSPS) is 11.0. The van der Waals surface area contributed by atoms with E-state index >= 15 is 0 Å². The predicted octanol–water partition coefficient (Wildman–Crippen LogP) is 2.17. The molecule has 0 atom stereocenters. The van der Waals surface area contributed by atoms with Crippen molar-refractivity contribution in [2.75, 3.05) is 32.1 Å². The molecule has 0 amide bonds. The monoisotopic (exact) mass is 250 g/mol. The SMILES string of the molecule is CC(C)N(C)CCN(C)c1cc[c]c([N+](=O)[O-])c1. The molecule has 0 aliphatic rings. The molecule has 99 valence electrons. The number of nitro groups is 1. The first kappa shape index (κ1) is 14.4. The van der Waals surface area contributed by atoms with Crippen molar-refractivity contribution < 1.29 is 4.92 Å². The van der Waals surface area contributed by atoms with Crippen molar-refractivity contribution in [1.29, 1.82) is 0 Å². The molecule has 0 aliphatic carbocycles. The Morgan fingerprint density at radius 3 is 2.61 bits per heavy atom. The number of non-ortho nitro benzene ring substituents is 1. The van der Waals surface area contributed by atoms with Crippen molar-refractivity contribution in [1.82, 2.24) is 4.90 Å². The largest absolute Gasteiger partial charge is 0.373 e. The second-order valence-electron chi connectivity index (χ2n) is 4.69. The predicted molar refractivity (Wildman–Crippen MR) is 73.0 cm³/mol. The lowest BCUT2D eigenvalue weighted by Crippen LogP contribution is -2.34. The Hall–Kier alpha value is -1.62. The number of hydrogen-bond donors (Lipinski definition) is 0. The summed E-state index contributed by atoms with van der Waals surface area (Å²) in [5.41, 5.74) is 0.856. The highest BCUT2D eigenvalue weighted by atomic mass is 16.6. The number of anilines is 1. The third kappa shape index (κ3) is 4.00. The van der Waals surface area contributed by atoms with Gasteiger partial charge in [-0.2, -0.15) is 0 Å². The Morgan fingerprint density at radius 1 is 1.39 bits per heavy atom. The van der Waals surface area contributed by atoms with Crippen LogP contribution < -0.4 is 4.90 Å². The van der Waals surface area contributed by atoms with Crippen LogP contribution >= 0.6 is 0 Å². The quantitative estimate of drug-likeness (QED) is 0.573. The van der Waals surface area contributed by atoms with Gasteiger partial charge in [0.05, 0.1) is 11.0 Å². The van der Waals surface area contributed by atoms with Crippen LogP contribution in [0.1, 0.15) is 13.8 Å². The molecule has 1 aromatic rings. The molecule has 0 aliphatic heterocycles. The van der Waals surface area contributed by atoms with E-state index in [2.05, 4.69) is 31.9 Å². The molecule has 0 bridgehead atoms. The van der Waals surface area contributed by atoms with Gasteiger partial charge in [0.2, 0.25) is 0 Å². The van der Waals surface area contributed by atoms with E-state index in [9.17, 15) is 10.1 Å². The zero-order valence-electron chi connectivity index (χ0n) is 11.4. The minimum atomic E-state index is -0.419. The molecule has 1 radical (unpaired) electrons. The van der Waals surface area contributed by atoms with Crippen LogP contribution in [0.3, 0.4) is 0 Å². The van der Waals surface area contributed by atoms with Crippen LogP contribution in [-0.4, -0.2) is 43.0 Å². The van der Waals surface area contributed by atoms with E-state index in [1.807, 2.05) is 18.0 Å². The van der Waals surface area contributed by atoms with E-state index < -0.39 is 4.92 Å². The fourth-order valence-electron chi connectivity index (χ4n) is 1.48. The maximum absolute atomic E-state index is 10.7. The van der Waals surface area contributed by atoms with Gasteiger partial charge in [0.15, 0.2) is 0 Å². The van der Waals surface area contributed by atoms with Crippen LogP contribution in [-0.2, 0) is 0 Å². The van der Waals surface area contributed by atoms with E-state index in [0.717, 1.165) is 18.8 Å². The van der Waals surface area contributed by atoms with Crippen LogP contribution in [0, 0.1) is 16.2 Å². The van der Waals surface area contributed by atoms with Gasteiger partial charge in [-0.25, -0.2) is 0 Å².